The van der Waals surface area contributed by atoms with Crippen molar-refractivity contribution in [3.05, 3.63) is 28.2 Å². The summed E-state index contributed by atoms with van der Waals surface area (Å²) in [5, 5.41) is 4.87. The van der Waals surface area contributed by atoms with Crippen LogP contribution >= 0.6 is 15.9 Å². The highest BCUT2D eigenvalue weighted by molar-refractivity contribution is 9.10. The van der Waals surface area contributed by atoms with E-state index < -0.39 is 23.4 Å². The average molecular weight is 458 g/mol. The summed E-state index contributed by atoms with van der Waals surface area (Å²) in [4.78, 5) is 28.4. The molecule has 8 nitrogen and oxygen atoms in total. The number of halogens is 1. The van der Waals surface area contributed by atoms with Gasteiger partial charge < -0.3 is 14.2 Å². The number of nitrogens with zero attached hydrogens (tertiary/aromatic N) is 1. The van der Waals surface area contributed by atoms with Crippen molar-refractivity contribution in [2.45, 2.75) is 59.3 Å². The fourth-order valence-electron chi connectivity index (χ4n) is 1.88. The van der Waals surface area contributed by atoms with Gasteiger partial charge in [-0.15, -0.1) is 0 Å². The molecule has 0 fully saturated rings. The van der Waals surface area contributed by atoms with Crippen molar-refractivity contribution in [3.8, 4) is 5.75 Å². The number of ether oxygens (including phenoxy) is 3. The highest BCUT2D eigenvalue weighted by atomic mass is 79.9. The molecule has 0 saturated carbocycles. The number of guanidine groups is 1. The summed E-state index contributed by atoms with van der Waals surface area (Å²) in [7, 11) is 1.56. The number of methoxy groups -OCH3 is 1. The molecule has 0 aromatic heterocycles. The Labute approximate surface area is 174 Å². The van der Waals surface area contributed by atoms with Crippen LogP contribution < -0.4 is 15.4 Å². The van der Waals surface area contributed by atoms with E-state index in [4.69, 9.17) is 14.2 Å². The van der Waals surface area contributed by atoms with E-state index >= 15 is 0 Å². The van der Waals surface area contributed by atoms with Gasteiger partial charge in [0.25, 0.3) is 0 Å². The molecule has 0 radical (unpaired) electrons. The molecule has 0 unspecified atom stereocenters. The van der Waals surface area contributed by atoms with E-state index in [1.54, 1.807) is 54.7 Å². The first-order valence-corrected chi connectivity index (χ1v) is 9.45. The van der Waals surface area contributed by atoms with Crippen LogP contribution in [0.3, 0.4) is 0 Å². The molecular formula is C19H28BrN3O5. The van der Waals surface area contributed by atoms with E-state index in [9.17, 15) is 9.59 Å². The van der Waals surface area contributed by atoms with Gasteiger partial charge >= 0.3 is 12.2 Å². The quantitative estimate of drug-likeness (QED) is 0.518. The Kier molecular flexibility index (Phi) is 8.29. The van der Waals surface area contributed by atoms with Crippen molar-refractivity contribution in [3.63, 3.8) is 0 Å². The summed E-state index contributed by atoms with van der Waals surface area (Å²) in [6.07, 6.45) is -1.48. The molecule has 2 N–H and O–H groups in total. The number of amides is 2. The first-order valence-electron chi connectivity index (χ1n) is 8.66. The third-order valence-corrected chi connectivity index (χ3v) is 3.53. The standard InChI is InChI=1S/C19H28BrN3O5/c1-18(2,3)27-16(24)22-15(23-17(25)28-19(4,5)6)21-11-12-8-9-13(20)14(10-12)26-7/h8-10H,11H2,1-7H3,(H2,21,22,23,24,25). The minimum Gasteiger partial charge on any atom is -0.496 e. The van der Waals surface area contributed by atoms with Gasteiger partial charge in [-0.05, 0) is 75.2 Å². The second kappa shape index (κ2) is 9.77. The van der Waals surface area contributed by atoms with Crippen molar-refractivity contribution in [1.29, 1.82) is 0 Å². The van der Waals surface area contributed by atoms with E-state index in [0.717, 1.165) is 10.0 Å². The number of hydrogen-bond donors (Lipinski definition) is 2. The summed E-state index contributed by atoms with van der Waals surface area (Å²) in [5.74, 6) is 0.569. The average Bonchev–Trinajstić information content (AvgIpc) is 2.50. The highest BCUT2D eigenvalue weighted by Gasteiger charge is 2.21. The minimum absolute atomic E-state index is 0.0783. The van der Waals surface area contributed by atoms with Crippen LogP contribution in [0.5, 0.6) is 5.75 Å². The van der Waals surface area contributed by atoms with E-state index in [2.05, 4.69) is 31.6 Å². The molecule has 0 bridgehead atoms. The molecule has 0 aliphatic carbocycles. The highest BCUT2D eigenvalue weighted by Crippen LogP contribution is 2.25. The number of carbonyl (C=O) groups excluding carboxylic acids is 2. The Bertz CT molecular complexity index is 704. The van der Waals surface area contributed by atoms with Gasteiger partial charge in [0.1, 0.15) is 17.0 Å². The molecule has 0 atom stereocenters. The largest absolute Gasteiger partial charge is 0.496 e. The second-order valence-corrected chi connectivity index (χ2v) is 8.74. The molecule has 156 valence electrons. The van der Waals surface area contributed by atoms with E-state index in [-0.39, 0.29) is 12.5 Å². The summed E-state index contributed by atoms with van der Waals surface area (Å²) in [5.41, 5.74) is -0.574. The van der Waals surface area contributed by atoms with Gasteiger partial charge in [-0.3, -0.25) is 10.6 Å². The molecule has 0 heterocycles. The number of rotatable bonds is 3. The molecule has 9 heteroatoms. The second-order valence-electron chi connectivity index (χ2n) is 7.89. The predicted octanol–water partition coefficient (Wildman–Crippen LogP) is 4.36. The Balaban J connectivity index is 2.96. The number of aliphatic imine (C=N–C) groups is 1. The lowest BCUT2D eigenvalue weighted by molar-refractivity contribution is 0.0545. The zero-order valence-electron chi connectivity index (χ0n) is 17.3. The molecular weight excluding hydrogens is 430 g/mol. The van der Waals surface area contributed by atoms with Crippen LogP contribution in [0, 0.1) is 0 Å². The van der Waals surface area contributed by atoms with Crippen molar-refractivity contribution < 1.29 is 23.8 Å². The van der Waals surface area contributed by atoms with Crippen molar-refractivity contribution in [2.24, 2.45) is 4.99 Å². The lowest BCUT2D eigenvalue weighted by atomic mass is 10.2. The third-order valence-electron chi connectivity index (χ3n) is 2.87. The molecule has 1 rings (SSSR count). The van der Waals surface area contributed by atoms with E-state index in [1.807, 2.05) is 12.1 Å². The van der Waals surface area contributed by atoms with Crippen LogP contribution in [0.25, 0.3) is 0 Å². The van der Waals surface area contributed by atoms with Gasteiger partial charge in [-0.25, -0.2) is 14.6 Å². The number of carbonyl (C=O) groups is 2. The maximum absolute atomic E-state index is 12.1. The molecule has 0 aliphatic heterocycles. The summed E-state index contributed by atoms with van der Waals surface area (Å²) in [6, 6.07) is 5.47. The Morgan fingerprint density at radius 1 is 1.00 bits per heavy atom. The van der Waals surface area contributed by atoms with Crippen molar-refractivity contribution in [1.82, 2.24) is 10.6 Å². The van der Waals surface area contributed by atoms with Crippen LogP contribution in [-0.2, 0) is 16.0 Å². The third kappa shape index (κ3) is 9.59. The summed E-state index contributed by atoms with van der Waals surface area (Å²) < 4.78 is 16.5. The van der Waals surface area contributed by atoms with Gasteiger partial charge in [0.2, 0.25) is 5.96 Å². The van der Waals surface area contributed by atoms with E-state index in [1.165, 1.54) is 0 Å². The normalized spacial score (nSPS) is 11.3. The zero-order chi connectivity index (χ0) is 21.5. The van der Waals surface area contributed by atoms with Crippen LogP contribution in [0.2, 0.25) is 0 Å². The number of alkyl carbamates (subject to hydrolysis) is 2. The fourth-order valence-corrected chi connectivity index (χ4v) is 2.29. The van der Waals surface area contributed by atoms with Crippen LogP contribution in [-0.4, -0.2) is 36.5 Å². The summed E-state index contributed by atoms with van der Waals surface area (Å²) in [6.45, 7) is 10.6. The Hall–Kier alpha value is -2.29. The Morgan fingerprint density at radius 3 is 1.93 bits per heavy atom. The predicted molar refractivity (Wildman–Crippen MR) is 111 cm³/mol. The Morgan fingerprint density at radius 2 is 1.50 bits per heavy atom. The maximum Gasteiger partial charge on any atom is 0.414 e. The maximum atomic E-state index is 12.1. The molecule has 0 aliphatic rings. The molecule has 28 heavy (non-hydrogen) atoms. The number of benzene rings is 1. The smallest absolute Gasteiger partial charge is 0.414 e. The summed E-state index contributed by atoms with van der Waals surface area (Å²) >= 11 is 3.38. The van der Waals surface area contributed by atoms with Gasteiger partial charge in [0.05, 0.1) is 18.1 Å². The number of nitrogens with one attached hydrogen (secondary N) is 2. The van der Waals surface area contributed by atoms with Crippen molar-refractivity contribution >= 4 is 34.1 Å². The first kappa shape index (κ1) is 23.7. The zero-order valence-corrected chi connectivity index (χ0v) is 18.9. The first-order chi connectivity index (χ1) is 12.8. The minimum atomic E-state index is -0.740. The molecule has 1 aromatic rings. The molecule has 2 amide bonds. The van der Waals surface area contributed by atoms with Gasteiger partial charge in [0.15, 0.2) is 0 Å². The molecule has 1 aromatic carbocycles. The molecule has 0 saturated heterocycles. The number of hydrogen-bond acceptors (Lipinski definition) is 6. The SMILES string of the molecule is COc1cc(CN=C(NC(=O)OC(C)(C)C)NC(=O)OC(C)(C)C)ccc1Br. The lowest BCUT2D eigenvalue weighted by Gasteiger charge is -2.22. The molecule has 0 spiro atoms. The van der Waals surface area contributed by atoms with Crippen LogP contribution in [0.4, 0.5) is 9.59 Å². The monoisotopic (exact) mass is 457 g/mol. The van der Waals surface area contributed by atoms with Gasteiger partial charge in [-0.1, -0.05) is 6.07 Å². The van der Waals surface area contributed by atoms with Gasteiger partial charge in [0, 0.05) is 0 Å². The van der Waals surface area contributed by atoms with Gasteiger partial charge in [-0.2, -0.15) is 0 Å². The van der Waals surface area contributed by atoms with Crippen LogP contribution in [0.1, 0.15) is 47.1 Å². The van der Waals surface area contributed by atoms with E-state index in [0.29, 0.717) is 5.75 Å². The van der Waals surface area contributed by atoms with Crippen molar-refractivity contribution in [2.75, 3.05) is 7.11 Å². The lowest BCUT2D eigenvalue weighted by Crippen LogP contribution is -2.47. The fraction of sp³-hybridized carbons (Fsp3) is 0.526. The van der Waals surface area contributed by atoms with Crippen LogP contribution in [0.15, 0.2) is 27.7 Å². The topological polar surface area (TPSA) is 98.3 Å².